The van der Waals surface area contributed by atoms with Gasteiger partial charge in [-0.25, -0.2) is 23.1 Å². The molecule has 5 rings (SSSR count). The number of H-pyrrole nitrogens is 1. The van der Waals surface area contributed by atoms with Gasteiger partial charge >= 0.3 is 0 Å². The maximum Gasteiger partial charge on any atom is 0.263 e. The predicted molar refractivity (Wildman–Crippen MR) is 127 cm³/mol. The summed E-state index contributed by atoms with van der Waals surface area (Å²) in [6.07, 6.45) is -0.848. The number of carbonyl (C=O) groups excluding carboxylic acids is 2. The van der Waals surface area contributed by atoms with Crippen molar-refractivity contribution in [3.63, 3.8) is 0 Å². The van der Waals surface area contributed by atoms with Crippen LogP contribution in [-0.2, 0) is 4.79 Å². The Balaban J connectivity index is 1.48. The average molecular weight is 518 g/mol. The molecule has 1 aromatic carbocycles. The van der Waals surface area contributed by atoms with E-state index in [1.54, 1.807) is 6.92 Å². The Labute approximate surface area is 210 Å². The number of aliphatic hydroxyl groups is 1. The van der Waals surface area contributed by atoms with E-state index in [9.17, 15) is 22.8 Å². The molecule has 3 N–H and O–H groups in total. The quantitative estimate of drug-likeness (QED) is 0.423. The Morgan fingerprint density at radius 1 is 1.27 bits per heavy atom. The highest BCUT2D eigenvalue weighted by Crippen LogP contribution is 2.38. The zero-order chi connectivity index (χ0) is 26.3. The Morgan fingerprint density at radius 2 is 2.05 bits per heavy atom. The molecule has 1 saturated carbocycles. The number of aromatic nitrogens is 3. The van der Waals surface area contributed by atoms with E-state index < -0.39 is 37.1 Å². The molecule has 37 heavy (non-hydrogen) atoms. The van der Waals surface area contributed by atoms with Crippen LogP contribution in [0.3, 0.4) is 0 Å². The third-order valence-electron chi connectivity index (χ3n) is 6.73. The van der Waals surface area contributed by atoms with Gasteiger partial charge in [0.05, 0.1) is 30.3 Å². The van der Waals surface area contributed by atoms with Gasteiger partial charge in [0.2, 0.25) is 5.91 Å². The molecule has 2 amide bonds. The molecule has 3 heterocycles. The minimum absolute atomic E-state index is 0.0734. The number of carbonyl (C=O) groups is 2. The summed E-state index contributed by atoms with van der Waals surface area (Å²) >= 11 is 0. The van der Waals surface area contributed by atoms with Gasteiger partial charge in [0.15, 0.2) is 0 Å². The summed E-state index contributed by atoms with van der Waals surface area (Å²) in [5.41, 5.74) is 1.63. The minimum Gasteiger partial charge on any atom is -0.493 e. The molecule has 2 aromatic heterocycles. The number of alkyl halides is 3. The second-order valence-corrected chi connectivity index (χ2v) is 9.43. The van der Waals surface area contributed by atoms with Gasteiger partial charge in [-0.2, -0.15) is 0 Å². The van der Waals surface area contributed by atoms with Gasteiger partial charge in [0.25, 0.3) is 12.3 Å². The van der Waals surface area contributed by atoms with Crippen LogP contribution in [0, 0.1) is 12.8 Å². The van der Waals surface area contributed by atoms with Crippen LogP contribution in [0.1, 0.15) is 40.9 Å². The Hall–Kier alpha value is -3.67. The SMILES string of the molecule is Cc1[nH]c2c(-c3cc(C(F)F)ccc3OCC3CC3)ncnc2c1C(=O)N[C@H]1CN(C(=O)CO)C[C@@H]1F. The van der Waals surface area contributed by atoms with Gasteiger partial charge in [-0.15, -0.1) is 0 Å². The first-order chi connectivity index (χ1) is 17.8. The molecular formula is C25H26F3N5O4. The number of hydrogen-bond donors (Lipinski definition) is 3. The van der Waals surface area contributed by atoms with E-state index in [1.165, 1.54) is 24.5 Å². The van der Waals surface area contributed by atoms with Crippen molar-refractivity contribution in [1.29, 1.82) is 0 Å². The molecule has 0 spiro atoms. The van der Waals surface area contributed by atoms with Crippen LogP contribution in [-0.4, -0.2) is 75.3 Å². The summed E-state index contributed by atoms with van der Waals surface area (Å²) in [6.45, 7) is 1.06. The van der Waals surface area contributed by atoms with E-state index in [4.69, 9.17) is 9.84 Å². The van der Waals surface area contributed by atoms with Crippen molar-refractivity contribution in [3.05, 3.63) is 41.3 Å². The first-order valence-corrected chi connectivity index (χ1v) is 12.0. The first-order valence-electron chi connectivity index (χ1n) is 12.0. The monoisotopic (exact) mass is 517 g/mol. The molecule has 1 aliphatic heterocycles. The van der Waals surface area contributed by atoms with Crippen molar-refractivity contribution in [2.24, 2.45) is 5.92 Å². The molecule has 2 aliphatic rings. The number of nitrogens with zero attached hydrogens (tertiary/aromatic N) is 3. The van der Waals surface area contributed by atoms with Crippen molar-refractivity contribution in [2.45, 2.75) is 38.4 Å². The number of aliphatic hydroxyl groups excluding tert-OH is 1. The molecule has 0 unspecified atom stereocenters. The first kappa shape index (κ1) is 25.0. The fourth-order valence-corrected chi connectivity index (χ4v) is 4.53. The van der Waals surface area contributed by atoms with Crippen LogP contribution < -0.4 is 10.1 Å². The lowest BCUT2D eigenvalue weighted by atomic mass is 10.0. The molecule has 2 fully saturated rings. The van der Waals surface area contributed by atoms with Crippen LogP contribution in [0.4, 0.5) is 13.2 Å². The van der Waals surface area contributed by atoms with Gasteiger partial charge in [0, 0.05) is 23.4 Å². The van der Waals surface area contributed by atoms with Crippen LogP contribution in [0.25, 0.3) is 22.3 Å². The Bertz CT molecular complexity index is 1340. The fraction of sp³-hybridized carbons (Fsp3) is 0.440. The van der Waals surface area contributed by atoms with E-state index in [2.05, 4.69) is 20.3 Å². The van der Waals surface area contributed by atoms with Gasteiger partial charge in [-0.3, -0.25) is 9.59 Å². The zero-order valence-corrected chi connectivity index (χ0v) is 20.0. The number of hydrogen-bond acceptors (Lipinski definition) is 6. The molecule has 0 radical (unpaired) electrons. The van der Waals surface area contributed by atoms with Crippen molar-refractivity contribution in [1.82, 2.24) is 25.2 Å². The number of fused-ring (bicyclic) bond motifs is 1. The van der Waals surface area contributed by atoms with Gasteiger partial charge in [-0.05, 0) is 43.9 Å². The summed E-state index contributed by atoms with van der Waals surface area (Å²) < 4.78 is 47.5. The number of benzene rings is 1. The second kappa shape index (κ2) is 10.0. The molecule has 2 atom stereocenters. The number of likely N-dealkylation sites (tertiary alicyclic amines) is 1. The molecule has 0 bridgehead atoms. The van der Waals surface area contributed by atoms with Crippen LogP contribution in [0.5, 0.6) is 5.75 Å². The normalized spacial score (nSPS) is 19.6. The lowest BCUT2D eigenvalue weighted by molar-refractivity contribution is -0.133. The topological polar surface area (TPSA) is 120 Å². The van der Waals surface area contributed by atoms with Crippen molar-refractivity contribution < 1.29 is 32.6 Å². The third-order valence-corrected chi connectivity index (χ3v) is 6.73. The summed E-state index contributed by atoms with van der Waals surface area (Å²) in [5.74, 6) is -0.388. The second-order valence-electron chi connectivity index (χ2n) is 9.43. The van der Waals surface area contributed by atoms with Crippen LogP contribution in [0.2, 0.25) is 0 Å². The molecule has 9 nitrogen and oxygen atoms in total. The Morgan fingerprint density at radius 3 is 2.76 bits per heavy atom. The summed E-state index contributed by atoms with van der Waals surface area (Å²) in [6, 6.07) is 3.17. The summed E-state index contributed by atoms with van der Waals surface area (Å²) in [5, 5.41) is 11.6. The molecule has 196 valence electrons. The van der Waals surface area contributed by atoms with Gasteiger partial charge in [0.1, 0.15) is 36.1 Å². The maximum absolute atomic E-state index is 14.5. The van der Waals surface area contributed by atoms with Gasteiger partial charge in [-0.1, -0.05) is 0 Å². The Kier molecular flexibility index (Phi) is 6.76. The molecular weight excluding hydrogens is 491 g/mol. The molecule has 1 saturated heterocycles. The fourth-order valence-electron chi connectivity index (χ4n) is 4.53. The number of ether oxygens (including phenoxy) is 1. The van der Waals surface area contributed by atoms with E-state index in [-0.39, 0.29) is 29.7 Å². The van der Waals surface area contributed by atoms with E-state index in [0.29, 0.717) is 40.7 Å². The van der Waals surface area contributed by atoms with E-state index in [1.807, 2.05) is 0 Å². The van der Waals surface area contributed by atoms with E-state index in [0.717, 1.165) is 17.7 Å². The lowest BCUT2D eigenvalue weighted by Crippen LogP contribution is -2.42. The van der Waals surface area contributed by atoms with Crippen LogP contribution in [0.15, 0.2) is 24.5 Å². The molecule has 1 aliphatic carbocycles. The highest BCUT2D eigenvalue weighted by Gasteiger charge is 2.37. The highest BCUT2D eigenvalue weighted by molar-refractivity contribution is 6.09. The van der Waals surface area contributed by atoms with Crippen molar-refractivity contribution in [2.75, 3.05) is 26.3 Å². The standard InChI is InChI=1S/C25H26F3N5O4/c1-12-20(25(36)32-17-8-33(7-16(17)26)19(35)9-34)22-23(31-12)21(29-11-30-22)15-6-14(24(27)28)4-5-18(15)37-10-13-2-3-13/h4-6,11,13,16-17,24,31,34H,2-3,7-10H2,1H3,(H,32,36)/t16-,17-/m0/s1. The minimum atomic E-state index is -2.70. The largest absolute Gasteiger partial charge is 0.493 e. The smallest absolute Gasteiger partial charge is 0.263 e. The number of nitrogens with one attached hydrogen (secondary N) is 2. The van der Waals surface area contributed by atoms with Crippen molar-refractivity contribution in [3.8, 4) is 17.0 Å². The van der Waals surface area contributed by atoms with Crippen molar-refractivity contribution >= 4 is 22.8 Å². The summed E-state index contributed by atoms with van der Waals surface area (Å²) in [4.78, 5) is 37.7. The van der Waals surface area contributed by atoms with E-state index >= 15 is 0 Å². The number of amides is 2. The van der Waals surface area contributed by atoms with Crippen LogP contribution >= 0.6 is 0 Å². The number of halogens is 3. The average Bonchev–Trinajstić information content (AvgIpc) is 3.55. The lowest BCUT2D eigenvalue weighted by Gasteiger charge is -2.16. The highest BCUT2D eigenvalue weighted by atomic mass is 19.3. The zero-order valence-electron chi connectivity index (χ0n) is 20.0. The summed E-state index contributed by atoms with van der Waals surface area (Å²) in [7, 11) is 0. The molecule has 3 aromatic rings. The number of aryl methyl sites for hydroxylation is 1. The maximum atomic E-state index is 14.5. The van der Waals surface area contributed by atoms with Gasteiger partial charge < -0.3 is 25.0 Å². The number of rotatable bonds is 8. The third kappa shape index (κ3) is 4.97. The number of aromatic amines is 1. The molecule has 12 heteroatoms. The predicted octanol–water partition coefficient (Wildman–Crippen LogP) is 2.93.